The number of halogens is 1. The van der Waals surface area contributed by atoms with E-state index in [0.717, 1.165) is 5.56 Å². The van der Waals surface area contributed by atoms with Crippen molar-refractivity contribution in [3.05, 3.63) is 65.5 Å². The maximum atomic E-state index is 13.4. The van der Waals surface area contributed by atoms with Crippen LogP contribution < -0.4 is 11.1 Å². The fourth-order valence-corrected chi connectivity index (χ4v) is 2.51. The van der Waals surface area contributed by atoms with Gasteiger partial charge in [0.05, 0.1) is 0 Å². The minimum absolute atomic E-state index is 0.183. The molecule has 2 aromatic carbocycles. The molecule has 0 bridgehead atoms. The Bertz CT molecular complexity index is 749. The lowest BCUT2D eigenvalue weighted by Gasteiger charge is -2.24. The molecule has 0 unspecified atom stereocenters. The molecule has 5 nitrogen and oxygen atoms in total. The second-order valence-electron chi connectivity index (χ2n) is 5.72. The van der Waals surface area contributed by atoms with E-state index in [0.29, 0.717) is 31.7 Å². The van der Waals surface area contributed by atoms with Gasteiger partial charge in [0.15, 0.2) is 0 Å². The second-order valence-corrected chi connectivity index (χ2v) is 5.72. The summed E-state index contributed by atoms with van der Waals surface area (Å²) < 4.78 is 13.4. The molecule has 6 heteroatoms. The van der Waals surface area contributed by atoms with E-state index < -0.39 is 5.82 Å². The number of carbonyl (C=O) groups excluding carboxylic acids is 2. The van der Waals surface area contributed by atoms with Gasteiger partial charge < -0.3 is 16.0 Å². The van der Waals surface area contributed by atoms with Crippen LogP contribution in [0.2, 0.25) is 0 Å². The minimum Gasteiger partial charge on any atom is -0.334 e. The fraction of sp³-hybridized carbons (Fsp3) is 0.263. The molecular weight excluding hydrogens is 321 g/mol. The van der Waals surface area contributed by atoms with E-state index in [9.17, 15) is 14.0 Å². The highest BCUT2D eigenvalue weighted by Gasteiger charge is 2.18. The maximum Gasteiger partial charge on any atom is 0.254 e. The molecule has 0 saturated heterocycles. The van der Waals surface area contributed by atoms with E-state index in [2.05, 4.69) is 5.32 Å². The predicted molar refractivity (Wildman–Crippen MR) is 95.6 cm³/mol. The average molecular weight is 343 g/mol. The topological polar surface area (TPSA) is 75.4 Å². The third-order valence-corrected chi connectivity index (χ3v) is 3.68. The van der Waals surface area contributed by atoms with Gasteiger partial charge in [-0.05, 0) is 42.8 Å². The number of hydrogen-bond donors (Lipinski definition) is 2. The van der Waals surface area contributed by atoms with Gasteiger partial charge in [-0.3, -0.25) is 9.59 Å². The summed E-state index contributed by atoms with van der Waals surface area (Å²) >= 11 is 0. The van der Waals surface area contributed by atoms with E-state index in [4.69, 9.17) is 5.73 Å². The van der Waals surface area contributed by atoms with Crippen molar-refractivity contribution in [2.45, 2.75) is 19.9 Å². The molecule has 0 aliphatic carbocycles. The molecule has 0 heterocycles. The highest BCUT2D eigenvalue weighted by Crippen LogP contribution is 2.19. The molecule has 0 atom stereocenters. The Kier molecular flexibility index (Phi) is 6.65. The summed E-state index contributed by atoms with van der Waals surface area (Å²) in [5.41, 5.74) is 7.32. The first-order chi connectivity index (χ1) is 12.0. The molecule has 0 fully saturated rings. The van der Waals surface area contributed by atoms with Gasteiger partial charge in [-0.1, -0.05) is 24.3 Å². The van der Waals surface area contributed by atoms with Gasteiger partial charge in [0, 0.05) is 31.3 Å². The van der Waals surface area contributed by atoms with Gasteiger partial charge >= 0.3 is 0 Å². The summed E-state index contributed by atoms with van der Waals surface area (Å²) in [6.07, 6.45) is 0.628. The zero-order valence-electron chi connectivity index (χ0n) is 14.2. The third kappa shape index (κ3) is 5.39. The normalized spacial score (nSPS) is 10.4. The van der Waals surface area contributed by atoms with Crippen LogP contribution in [0.3, 0.4) is 0 Å². The number of anilines is 1. The van der Waals surface area contributed by atoms with Crippen LogP contribution in [0.4, 0.5) is 10.1 Å². The largest absolute Gasteiger partial charge is 0.334 e. The molecule has 2 amide bonds. The van der Waals surface area contributed by atoms with Crippen LogP contribution in [0, 0.1) is 5.82 Å². The van der Waals surface area contributed by atoms with E-state index in [-0.39, 0.29) is 17.4 Å². The van der Waals surface area contributed by atoms with Crippen molar-refractivity contribution in [1.29, 1.82) is 0 Å². The quantitative estimate of drug-likeness (QED) is 0.812. The molecule has 25 heavy (non-hydrogen) atoms. The van der Waals surface area contributed by atoms with Gasteiger partial charge in [-0.15, -0.1) is 0 Å². The maximum absolute atomic E-state index is 13.4. The average Bonchev–Trinajstić information content (AvgIpc) is 2.59. The lowest BCUT2D eigenvalue weighted by atomic mass is 10.1. The first-order valence-corrected chi connectivity index (χ1v) is 8.11. The number of para-hydroxylation sites is 1. The number of nitrogens with one attached hydrogen (secondary N) is 1. The number of nitrogens with zero attached hydrogens (tertiary/aromatic N) is 1. The van der Waals surface area contributed by atoms with Crippen molar-refractivity contribution in [1.82, 2.24) is 4.90 Å². The van der Waals surface area contributed by atoms with Crippen molar-refractivity contribution in [3.63, 3.8) is 0 Å². The standard InChI is InChI=1S/C19H22FN3O2/c1-14(24)22-18-9-3-2-6-16(18)13-23(11-5-10-21)19(25)15-7-4-8-17(20)12-15/h2-4,6-9,12H,5,10-11,13,21H2,1H3,(H,22,24). The summed E-state index contributed by atoms with van der Waals surface area (Å²) in [6, 6.07) is 12.9. The molecule has 0 radical (unpaired) electrons. The van der Waals surface area contributed by atoms with E-state index in [1.807, 2.05) is 18.2 Å². The summed E-state index contributed by atoms with van der Waals surface area (Å²) in [5, 5.41) is 2.76. The Morgan fingerprint density at radius 3 is 2.60 bits per heavy atom. The number of rotatable bonds is 7. The van der Waals surface area contributed by atoms with Crippen LogP contribution in [0.15, 0.2) is 48.5 Å². The van der Waals surface area contributed by atoms with Crippen LogP contribution in [0.1, 0.15) is 29.3 Å². The summed E-state index contributed by atoms with van der Waals surface area (Å²) in [7, 11) is 0. The van der Waals surface area contributed by atoms with Crippen molar-refractivity contribution in [3.8, 4) is 0 Å². The molecular formula is C19H22FN3O2. The van der Waals surface area contributed by atoms with E-state index in [1.54, 1.807) is 17.0 Å². The molecule has 0 aliphatic rings. The Morgan fingerprint density at radius 1 is 1.16 bits per heavy atom. The number of nitrogens with two attached hydrogens (primary N) is 1. The third-order valence-electron chi connectivity index (χ3n) is 3.68. The fourth-order valence-electron chi connectivity index (χ4n) is 2.51. The van der Waals surface area contributed by atoms with Gasteiger partial charge in [0.1, 0.15) is 5.82 Å². The zero-order valence-corrected chi connectivity index (χ0v) is 14.2. The Labute approximate surface area is 146 Å². The molecule has 0 aromatic heterocycles. The zero-order chi connectivity index (χ0) is 18.2. The summed E-state index contributed by atoms with van der Waals surface area (Å²) in [6.45, 7) is 2.62. The van der Waals surface area contributed by atoms with Crippen LogP contribution in [0.25, 0.3) is 0 Å². The van der Waals surface area contributed by atoms with Crippen molar-refractivity contribution >= 4 is 17.5 Å². The summed E-state index contributed by atoms with van der Waals surface area (Å²) in [4.78, 5) is 25.8. The molecule has 0 spiro atoms. The minimum atomic E-state index is -0.455. The van der Waals surface area contributed by atoms with E-state index in [1.165, 1.54) is 25.1 Å². The van der Waals surface area contributed by atoms with Crippen molar-refractivity contribution in [2.75, 3.05) is 18.4 Å². The first-order valence-electron chi connectivity index (χ1n) is 8.11. The molecule has 2 aromatic rings. The van der Waals surface area contributed by atoms with Crippen LogP contribution >= 0.6 is 0 Å². The summed E-state index contributed by atoms with van der Waals surface area (Å²) in [5.74, 6) is -0.911. The van der Waals surface area contributed by atoms with Gasteiger partial charge in [-0.25, -0.2) is 4.39 Å². The van der Waals surface area contributed by atoms with Crippen LogP contribution in [0.5, 0.6) is 0 Å². The Morgan fingerprint density at radius 2 is 1.92 bits per heavy atom. The second kappa shape index (κ2) is 8.94. The lowest BCUT2D eigenvalue weighted by Crippen LogP contribution is -2.33. The number of carbonyl (C=O) groups is 2. The van der Waals surface area contributed by atoms with Gasteiger partial charge in [0.2, 0.25) is 5.91 Å². The Balaban J connectivity index is 2.26. The predicted octanol–water partition coefficient (Wildman–Crippen LogP) is 2.78. The number of benzene rings is 2. The van der Waals surface area contributed by atoms with Crippen LogP contribution in [-0.4, -0.2) is 29.8 Å². The Hall–Kier alpha value is -2.73. The monoisotopic (exact) mass is 343 g/mol. The molecule has 0 saturated carbocycles. The van der Waals surface area contributed by atoms with Gasteiger partial charge in [-0.2, -0.15) is 0 Å². The molecule has 3 N–H and O–H groups in total. The number of hydrogen-bond acceptors (Lipinski definition) is 3. The molecule has 0 aliphatic heterocycles. The van der Waals surface area contributed by atoms with Crippen molar-refractivity contribution < 1.29 is 14.0 Å². The van der Waals surface area contributed by atoms with Crippen LogP contribution in [-0.2, 0) is 11.3 Å². The smallest absolute Gasteiger partial charge is 0.254 e. The highest BCUT2D eigenvalue weighted by molar-refractivity contribution is 5.94. The van der Waals surface area contributed by atoms with Crippen molar-refractivity contribution in [2.24, 2.45) is 5.73 Å². The SMILES string of the molecule is CC(=O)Nc1ccccc1CN(CCCN)C(=O)c1cccc(F)c1. The molecule has 132 valence electrons. The molecule has 2 rings (SSSR count). The van der Waals surface area contributed by atoms with E-state index >= 15 is 0 Å². The number of amides is 2. The van der Waals surface area contributed by atoms with Gasteiger partial charge in [0.25, 0.3) is 5.91 Å². The highest BCUT2D eigenvalue weighted by atomic mass is 19.1. The first kappa shape index (κ1) is 18.6. The lowest BCUT2D eigenvalue weighted by molar-refractivity contribution is -0.114.